The topological polar surface area (TPSA) is 75.6 Å². The first kappa shape index (κ1) is 17.2. The lowest BCUT2D eigenvalue weighted by molar-refractivity contribution is 0.0692. The van der Waals surface area contributed by atoms with Crippen molar-refractivity contribution in [2.24, 2.45) is 0 Å². The molecular weight excluding hydrogens is 330 g/mol. The van der Waals surface area contributed by atoms with Crippen LogP contribution in [0.25, 0.3) is 0 Å². The molecule has 1 amide bonds. The third-order valence-corrected chi connectivity index (χ3v) is 3.77. The lowest BCUT2D eigenvalue weighted by Crippen LogP contribution is -2.16. The van der Waals surface area contributed by atoms with Gasteiger partial charge in [0, 0.05) is 0 Å². The van der Waals surface area contributed by atoms with E-state index in [1.807, 2.05) is 30.3 Å². The highest BCUT2D eigenvalue weighted by molar-refractivity contribution is 6.11. The number of nitrogens with one attached hydrogen (secondary N) is 1. The molecule has 0 radical (unpaired) electrons. The SMILES string of the molecule is O=C(O)c1ccccc1C(=O)Nc1ccccc1OCc1ccccc1. The van der Waals surface area contributed by atoms with Crippen molar-refractivity contribution in [3.8, 4) is 5.75 Å². The molecule has 130 valence electrons. The van der Waals surface area contributed by atoms with E-state index in [-0.39, 0.29) is 11.1 Å². The molecule has 0 atom stereocenters. The number of amides is 1. The number of hydrogen-bond donors (Lipinski definition) is 2. The van der Waals surface area contributed by atoms with E-state index in [0.29, 0.717) is 18.0 Å². The van der Waals surface area contributed by atoms with Gasteiger partial charge in [0.2, 0.25) is 0 Å². The van der Waals surface area contributed by atoms with Gasteiger partial charge in [0.1, 0.15) is 12.4 Å². The number of carbonyl (C=O) groups excluding carboxylic acids is 1. The molecule has 0 aromatic heterocycles. The Labute approximate surface area is 150 Å². The molecule has 0 saturated carbocycles. The number of ether oxygens (including phenoxy) is 1. The van der Waals surface area contributed by atoms with Crippen LogP contribution in [0.2, 0.25) is 0 Å². The van der Waals surface area contributed by atoms with Gasteiger partial charge < -0.3 is 15.2 Å². The molecule has 3 aromatic carbocycles. The van der Waals surface area contributed by atoms with Gasteiger partial charge in [-0.1, -0.05) is 54.6 Å². The summed E-state index contributed by atoms with van der Waals surface area (Å²) >= 11 is 0. The summed E-state index contributed by atoms with van der Waals surface area (Å²) in [5.41, 5.74) is 1.53. The van der Waals surface area contributed by atoms with Crippen LogP contribution in [-0.2, 0) is 6.61 Å². The second kappa shape index (κ2) is 7.98. The van der Waals surface area contributed by atoms with Crippen molar-refractivity contribution in [1.82, 2.24) is 0 Å². The average Bonchev–Trinajstić information content (AvgIpc) is 2.68. The minimum absolute atomic E-state index is 0.0484. The second-order valence-electron chi connectivity index (χ2n) is 5.58. The van der Waals surface area contributed by atoms with Crippen LogP contribution in [0.3, 0.4) is 0 Å². The standard InChI is InChI=1S/C21H17NO4/c23-20(16-10-4-5-11-17(16)21(24)25)22-18-12-6-7-13-19(18)26-14-15-8-2-1-3-9-15/h1-13H,14H2,(H,22,23)(H,24,25). The number of carboxylic acid groups (broad SMARTS) is 1. The van der Waals surface area contributed by atoms with Crippen molar-refractivity contribution in [1.29, 1.82) is 0 Å². The van der Waals surface area contributed by atoms with Gasteiger partial charge in [0.15, 0.2) is 0 Å². The van der Waals surface area contributed by atoms with Crippen LogP contribution in [-0.4, -0.2) is 17.0 Å². The highest BCUT2D eigenvalue weighted by Crippen LogP contribution is 2.25. The lowest BCUT2D eigenvalue weighted by atomic mass is 10.1. The van der Waals surface area contributed by atoms with Gasteiger partial charge in [-0.25, -0.2) is 4.79 Å². The van der Waals surface area contributed by atoms with Gasteiger partial charge in [0.05, 0.1) is 16.8 Å². The molecular formula is C21H17NO4. The van der Waals surface area contributed by atoms with E-state index in [1.54, 1.807) is 36.4 Å². The van der Waals surface area contributed by atoms with Gasteiger partial charge in [-0.3, -0.25) is 4.79 Å². The molecule has 5 heteroatoms. The summed E-state index contributed by atoms with van der Waals surface area (Å²) in [6, 6.07) is 22.8. The minimum Gasteiger partial charge on any atom is -0.487 e. The Kier molecular flexibility index (Phi) is 5.29. The van der Waals surface area contributed by atoms with Gasteiger partial charge in [-0.05, 0) is 29.8 Å². The fourth-order valence-electron chi connectivity index (χ4n) is 2.49. The Morgan fingerprint density at radius 2 is 1.42 bits per heavy atom. The van der Waals surface area contributed by atoms with Crippen LogP contribution < -0.4 is 10.1 Å². The van der Waals surface area contributed by atoms with E-state index in [9.17, 15) is 14.7 Å². The minimum atomic E-state index is -1.15. The van der Waals surface area contributed by atoms with Crippen LogP contribution in [0.1, 0.15) is 26.3 Å². The Hall–Kier alpha value is -3.60. The predicted molar refractivity (Wildman–Crippen MR) is 98.6 cm³/mol. The number of para-hydroxylation sites is 2. The zero-order valence-corrected chi connectivity index (χ0v) is 13.9. The second-order valence-corrected chi connectivity index (χ2v) is 5.58. The third-order valence-electron chi connectivity index (χ3n) is 3.77. The van der Waals surface area contributed by atoms with Crippen LogP contribution in [0.4, 0.5) is 5.69 Å². The zero-order valence-electron chi connectivity index (χ0n) is 13.9. The van der Waals surface area contributed by atoms with Crippen molar-refractivity contribution in [2.45, 2.75) is 6.61 Å². The number of carbonyl (C=O) groups is 2. The van der Waals surface area contributed by atoms with Crippen molar-refractivity contribution >= 4 is 17.6 Å². The molecule has 3 aromatic rings. The molecule has 0 bridgehead atoms. The lowest BCUT2D eigenvalue weighted by Gasteiger charge is -2.13. The predicted octanol–water partition coefficient (Wildman–Crippen LogP) is 4.22. The molecule has 0 heterocycles. The Bertz CT molecular complexity index is 922. The molecule has 0 spiro atoms. The Morgan fingerprint density at radius 1 is 0.808 bits per heavy atom. The quantitative estimate of drug-likeness (QED) is 0.700. The van der Waals surface area contributed by atoms with E-state index >= 15 is 0 Å². The van der Waals surface area contributed by atoms with Gasteiger partial charge in [-0.2, -0.15) is 0 Å². The summed E-state index contributed by atoms with van der Waals surface area (Å²) in [4.78, 5) is 23.8. The van der Waals surface area contributed by atoms with Crippen LogP contribution >= 0.6 is 0 Å². The van der Waals surface area contributed by atoms with E-state index < -0.39 is 11.9 Å². The molecule has 26 heavy (non-hydrogen) atoms. The third kappa shape index (κ3) is 4.08. The van der Waals surface area contributed by atoms with Gasteiger partial charge in [0.25, 0.3) is 5.91 Å². The molecule has 3 rings (SSSR count). The van der Waals surface area contributed by atoms with Crippen LogP contribution in [0, 0.1) is 0 Å². The molecule has 0 saturated heterocycles. The smallest absolute Gasteiger partial charge is 0.336 e. The molecule has 0 fully saturated rings. The molecule has 2 N–H and O–H groups in total. The maximum Gasteiger partial charge on any atom is 0.336 e. The maximum atomic E-state index is 12.5. The highest BCUT2D eigenvalue weighted by Gasteiger charge is 2.17. The average molecular weight is 347 g/mol. The van der Waals surface area contributed by atoms with Crippen LogP contribution in [0.15, 0.2) is 78.9 Å². The summed E-state index contributed by atoms with van der Waals surface area (Å²) in [6.07, 6.45) is 0. The summed E-state index contributed by atoms with van der Waals surface area (Å²) in [7, 11) is 0. The maximum absolute atomic E-state index is 12.5. The van der Waals surface area contributed by atoms with Crippen molar-refractivity contribution in [3.05, 3.63) is 95.6 Å². The van der Waals surface area contributed by atoms with E-state index in [4.69, 9.17) is 4.74 Å². The Morgan fingerprint density at radius 3 is 2.15 bits per heavy atom. The van der Waals surface area contributed by atoms with E-state index in [1.165, 1.54) is 12.1 Å². The van der Waals surface area contributed by atoms with E-state index in [2.05, 4.69) is 5.32 Å². The summed E-state index contributed by atoms with van der Waals surface area (Å²) in [5, 5.41) is 12.0. The number of rotatable bonds is 6. The first-order chi connectivity index (χ1) is 12.6. The number of aromatic carboxylic acids is 1. The van der Waals surface area contributed by atoms with Gasteiger partial charge >= 0.3 is 5.97 Å². The largest absolute Gasteiger partial charge is 0.487 e. The fourth-order valence-corrected chi connectivity index (χ4v) is 2.49. The monoisotopic (exact) mass is 347 g/mol. The molecule has 5 nitrogen and oxygen atoms in total. The number of benzene rings is 3. The number of anilines is 1. The molecule has 0 aliphatic rings. The van der Waals surface area contributed by atoms with Crippen molar-refractivity contribution in [2.75, 3.05) is 5.32 Å². The normalized spacial score (nSPS) is 10.2. The van der Waals surface area contributed by atoms with Crippen molar-refractivity contribution in [3.63, 3.8) is 0 Å². The molecule has 0 aliphatic heterocycles. The fraction of sp³-hybridized carbons (Fsp3) is 0.0476. The summed E-state index contributed by atoms with van der Waals surface area (Å²) in [6.45, 7) is 0.361. The number of carboxylic acids is 1. The first-order valence-electron chi connectivity index (χ1n) is 8.04. The van der Waals surface area contributed by atoms with Crippen molar-refractivity contribution < 1.29 is 19.4 Å². The number of hydrogen-bond acceptors (Lipinski definition) is 3. The van der Waals surface area contributed by atoms with Crippen LogP contribution in [0.5, 0.6) is 5.75 Å². The first-order valence-corrected chi connectivity index (χ1v) is 8.04. The summed E-state index contributed by atoms with van der Waals surface area (Å²) in [5.74, 6) is -1.14. The summed E-state index contributed by atoms with van der Waals surface area (Å²) < 4.78 is 5.81. The highest BCUT2D eigenvalue weighted by atomic mass is 16.5. The van der Waals surface area contributed by atoms with E-state index in [0.717, 1.165) is 5.56 Å². The van der Waals surface area contributed by atoms with Gasteiger partial charge in [-0.15, -0.1) is 0 Å². The zero-order chi connectivity index (χ0) is 18.4. The molecule has 0 unspecified atom stereocenters. The molecule has 0 aliphatic carbocycles. The Balaban J connectivity index is 1.78.